The van der Waals surface area contributed by atoms with Crippen molar-refractivity contribution in [3.8, 4) is 11.1 Å². The number of benzene rings is 1. The Kier molecular flexibility index (Phi) is 3.17. The van der Waals surface area contributed by atoms with E-state index >= 15 is 0 Å². The van der Waals surface area contributed by atoms with Crippen LogP contribution in [0.1, 0.15) is 0 Å². The van der Waals surface area contributed by atoms with Crippen LogP contribution in [0.2, 0.25) is 0 Å². The van der Waals surface area contributed by atoms with E-state index in [-0.39, 0.29) is 11.5 Å². The molecule has 7 nitrogen and oxygen atoms in total. The first kappa shape index (κ1) is 11.6. The van der Waals surface area contributed by atoms with Gasteiger partial charge in [0.1, 0.15) is 5.82 Å². The maximum Gasteiger partial charge on any atom is 0.269 e. The van der Waals surface area contributed by atoms with Crippen LogP contribution < -0.4 is 0 Å². The van der Waals surface area contributed by atoms with Crippen molar-refractivity contribution in [2.45, 2.75) is 0 Å². The Morgan fingerprint density at radius 2 is 2.00 bits per heavy atom. The molecule has 0 fully saturated rings. The van der Waals surface area contributed by atoms with Crippen LogP contribution in [0.5, 0.6) is 0 Å². The van der Waals surface area contributed by atoms with Crippen LogP contribution in [0, 0.1) is 10.1 Å². The average Bonchev–Trinajstić information content (AvgIpc) is 2.40. The Morgan fingerprint density at radius 1 is 1.28 bits per heavy atom. The van der Waals surface area contributed by atoms with Gasteiger partial charge in [-0.25, -0.2) is 0 Å². The number of aromatic nitrogens is 1. The second-order valence-electron chi connectivity index (χ2n) is 3.37. The molecule has 1 aromatic heterocycles. The smallest absolute Gasteiger partial charge is 0.258 e. The fraction of sp³-hybridized carbons (Fsp3) is 0. The third kappa shape index (κ3) is 2.26. The predicted molar refractivity (Wildman–Crippen MR) is 65.1 cm³/mol. The van der Waals surface area contributed by atoms with Crippen LogP contribution >= 0.6 is 0 Å². The minimum Gasteiger partial charge on any atom is -0.258 e. The van der Waals surface area contributed by atoms with Gasteiger partial charge in [0.25, 0.3) is 5.69 Å². The van der Waals surface area contributed by atoms with Crippen molar-refractivity contribution in [3.63, 3.8) is 0 Å². The first-order valence-electron chi connectivity index (χ1n) is 4.97. The Morgan fingerprint density at radius 3 is 2.61 bits per heavy atom. The van der Waals surface area contributed by atoms with E-state index in [4.69, 9.17) is 5.53 Å². The molecule has 1 aromatic carbocycles. The molecule has 0 amide bonds. The van der Waals surface area contributed by atoms with E-state index in [1.54, 1.807) is 24.3 Å². The third-order valence-electron chi connectivity index (χ3n) is 2.32. The summed E-state index contributed by atoms with van der Waals surface area (Å²) in [5.74, 6) is 0.244. The number of hydrogen-bond donors (Lipinski definition) is 0. The van der Waals surface area contributed by atoms with Crippen LogP contribution in [-0.4, -0.2) is 9.91 Å². The first-order valence-corrected chi connectivity index (χ1v) is 4.97. The predicted octanol–water partition coefficient (Wildman–Crippen LogP) is 3.60. The lowest BCUT2D eigenvalue weighted by Crippen LogP contribution is -1.87. The molecule has 0 saturated heterocycles. The molecule has 0 radical (unpaired) electrons. The molecule has 0 aliphatic heterocycles. The molecule has 0 aliphatic carbocycles. The first-order chi connectivity index (χ1) is 8.72. The molecule has 0 spiro atoms. The summed E-state index contributed by atoms with van der Waals surface area (Å²) in [6, 6.07) is 9.40. The molecule has 7 heteroatoms. The Bertz CT molecular complexity index is 632. The molecule has 0 N–H and O–H groups in total. The van der Waals surface area contributed by atoms with E-state index in [1.165, 1.54) is 18.3 Å². The normalized spacial score (nSPS) is 9.56. The van der Waals surface area contributed by atoms with Gasteiger partial charge >= 0.3 is 0 Å². The SMILES string of the molecule is [N-]=[N+]=Nc1ncccc1-c1ccc([N+](=O)[O-])cc1. The largest absolute Gasteiger partial charge is 0.269 e. The van der Waals surface area contributed by atoms with Gasteiger partial charge in [-0.15, -0.1) is 0 Å². The Hall–Kier alpha value is -2.92. The highest BCUT2D eigenvalue weighted by molar-refractivity contribution is 5.73. The summed E-state index contributed by atoms with van der Waals surface area (Å²) in [6.07, 6.45) is 1.51. The number of hydrogen-bond acceptors (Lipinski definition) is 4. The molecule has 0 saturated carbocycles. The van der Waals surface area contributed by atoms with Crippen molar-refractivity contribution in [1.29, 1.82) is 0 Å². The lowest BCUT2D eigenvalue weighted by molar-refractivity contribution is -0.384. The van der Waals surface area contributed by atoms with Crippen molar-refractivity contribution in [2.75, 3.05) is 0 Å². The van der Waals surface area contributed by atoms with Gasteiger partial charge < -0.3 is 0 Å². The summed E-state index contributed by atoms with van der Waals surface area (Å²) < 4.78 is 0. The summed E-state index contributed by atoms with van der Waals surface area (Å²) in [5.41, 5.74) is 9.78. The van der Waals surface area contributed by atoms with Crippen molar-refractivity contribution in [3.05, 3.63) is 63.2 Å². The number of azide groups is 1. The van der Waals surface area contributed by atoms with E-state index in [2.05, 4.69) is 15.0 Å². The van der Waals surface area contributed by atoms with Crippen molar-refractivity contribution >= 4 is 11.5 Å². The molecule has 2 rings (SSSR count). The zero-order valence-electron chi connectivity index (χ0n) is 9.09. The minimum atomic E-state index is -0.471. The topological polar surface area (TPSA) is 105 Å². The van der Waals surface area contributed by atoms with E-state index < -0.39 is 4.92 Å². The summed E-state index contributed by atoms with van der Waals surface area (Å²) in [4.78, 5) is 16.7. The van der Waals surface area contributed by atoms with Crippen LogP contribution in [0.15, 0.2) is 47.7 Å². The summed E-state index contributed by atoms with van der Waals surface area (Å²) in [5, 5.41) is 14.0. The molecule has 2 aromatic rings. The van der Waals surface area contributed by atoms with Gasteiger partial charge in [-0.05, 0) is 34.4 Å². The number of nitro benzene ring substituents is 1. The standard InChI is InChI=1S/C11H7N5O2/c12-15-14-11-10(2-1-7-13-11)8-3-5-9(6-4-8)16(17)18/h1-7H. The van der Waals surface area contributed by atoms with Crippen molar-refractivity contribution in [2.24, 2.45) is 5.11 Å². The Balaban J connectivity index is 2.48. The second-order valence-corrected chi connectivity index (χ2v) is 3.37. The minimum absolute atomic E-state index is 0.00738. The van der Waals surface area contributed by atoms with Gasteiger partial charge in [0.05, 0.1) is 4.92 Å². The fourth-order valence-electron chi connectivity index (χ4n) is 1.51. The number of nitrogens with zero attached hydrogens (tertiary/aromatic N) is 5. The molecule has 0 bridgehead atoms. The van der Waals surface area contributed by atoms with E-state index in [1.807, 2.05) is 0 Å². The second kappa shape index (κ2) is 4.94. The van der Waals surface area contributed by atoms with Gasteiger partial charge in [0.2, 0.25) is 0 Å². The Labute approximate surface area is 101 Å². The fourth-order valence-corrected chi connectivity index (χ4v) is 1.51. The highest BCUT2D eigenvalue weighted by Gasteiger charge is 2.07. The maximum absolute atomic E-state index is 10.5. The molecular weight excluding hydrogens is 234 g/mol. The lowest BCUT2D eigenvalue weighted by Gasteiger charge is -2.03. The summed E-state index contributed by atoms with van der Waals surface area (Å²) in [6.45, 7) is 0. The van der Waals surface area contributed by atoms with Crippen molar-refractivity contribution < 1.29 is 4.92 Å². The van der Waals surface area contributed by atoms with Gasteiger partial charge in [0.15, 0.2) is 0 Å². The highest BCUT2D eigenvalue weighted by atomic mass is 16.6. The van der Waals surface area contributed by atoms with Gasteiger partial charge in [-0.3, -0.25) is 15.1 Å². The number of nitro groups is 1. The summed E-state index contributed by atoms with van der Waals surface area (Å²) in [7, 11) is 0. The van der Waals surface area contributed by atoms with Gasteiger partial charge in [0, 0.05) is 28.8 Å². The molecule has 88 valence electrons. The number of non-ortho nitro benzene ring substituents is 1. The molecule has 18 heavy (non-hydrogen) atoms. The van der Waals surface area contributed by atoms with Crippen LogP contribution in [-0.2, 0) is 0 Å². The average molecular weight is 241 g/mol. The molecular formula is C11H7N5O2. The van der Waals surface area contributed by atoms with E-state index in [0.717, 1.165) is 0 Å². The maximum atomic E-state index is 10.5. The highest BCUT2D eigenvalue weighted by Crippen LogP contribution is 2.29. The zero-order valence-corrected chi connectivity index (χ0v) is 9.09. The quantitative estimate of drug-likeness (QED) is 0.269. The monoisotopic (exact) mass is 241 g/mol. The number of rotatable bonds is 3. The molecule has 0 atom stereocenters. The van der Waals surface area contributed by atoms with E-state index in [9.17, 15) is 10.1 Å². The van der Waals surface area contributed by atoms with Crippen LogP contribution in [0.4, 0.5) is 11.5 Å². The van der Waals surface area contributed by atoms with E-state index in [0.29, 0.717) is 11.1 Å². The lowest BCUT2D eigenvalue weighted by atomic mass is 10.1. The zero-order chi connectivity index (χ0) is 13.0. The molecule has 0 unspecified atom stereocenters. The summed E-state index contributed by atoms with van der Waals surface area (Å²) >= 11 is 0. The van der Waals surface area contributed by atoms with Crippen molar-refractivity contribution in [1.82, 2.24) is 4.98 Å². The van der Waals surface area contributed by atoms with Crippen LogP contribution in [0.25, 0.3) is 21.6 Å². The van der Waals surface area contributed by atoms with Gasteiger partial charge in [-0.2, -0.15) is 0 Å². The molecule has 0 aliphatic rings. The molecule has 1 heterocycles. The van der Waals surface area contributed by atoms with Crippen LogP contribution in [0.3, 0.4) is 0 Å². The third-order valence-corrected chi connectivity index (χ3v) is 2.32. The number of pyridine rings is 1. The van der Waals surface area contributed by atoms with Gasteiger partial charge in [-0.1, -0.05) is 6.07 Å².